The van der Waals surface area contributed by atoms with E-state index in [2.05, 4.69) is 5.32 Å². The number of methoxy groups -OCH3 is 1. The highest BCUT2D eigenvalue weighted by Crippen LogP contribution is 2.27. The van der Waals surface area contributed by atoms with Crippen LogP contribution in [-0.2, 0) is 14.8 Å². The van der Waals surface area contributed by atoms with Crippen LogP contribution >= 0.6 is 11.6 Å². The van der Waals surface area contributed by atoms with Crippen molar-refractivity contribution in [2.75, 3.05) is 25.5 Å². The molecule has 2 aromatic carbocycles. The molecule has 1 aliphatic rings. The number of rotatable bonds is 5. The number of hydrogen-bond acceptors (Lipinski definition) is 4. The van der Waals surface area contributed by atoms with Gasteiger partial charge in [-0.25, -0.2) is 8.42 Å². The number of hydrogen-bond donors (Lipinski definition) is 1. The van der Waals surface area contributed by atoms with E-state index in [1.807, 2.05) is 13.0 Å². The van der Waals surface area contributed by atoms with Gasteiger partial charge in [0.1, 0.15) is 5.75 Å². The number of amides is 1. The lowest BCUT2D eigenvalue weighted by molar-refractivity contribution is -0.120. The zero-order valence-electron chi connectivity index (χ0n) is 15.8. The highest BCUT2D eigenvalue weighted by molar-refractivity contribution is 7.89. The maximum atomic E-state index is 12.9. The molecule has 0 aromatic heterocycles. The van der Waals surface area contributed by atoms with Crippen molar-refractivity contribution in [3.63, 3.8) is 0 Å². The fraction of sp³-hybridized carbons (Fsp3) is 0.350. The molecular weight excluding hydrogens is 400 g/mol. The van der Waals surface area contributed by atoms with E-state index in [0.717, 1.165) is 5.56 Å². The number of nitrogens with zero attached hydrogens (tertiary/aromatic N) is 1. The quantitative estimate of drug-likeness (QED) is 0.797. The fourth-order valence-electron chi connectivity index (χ4n) is 3.24. The third kappa shape index (κ3) is 4.48. The molecule has 0 saturated carbocycles. The highest BCUT2D eigenvalue weighted by atomic mass is 35.5. The van der Waals surface area contributed by atoms with E-state index in [9.17, 15) is 13.2 Å². The molecule has 2 aromatic rings. The van der Waals surface area contributed by atoms with Gasteiger partial charge >= 0.3 is 0 Å². The smallest absolute Gasteiger partial charge is 0.243 e. The number of aryl methyl sites for hydroxylation is 1. The van der Waals surface area contributed by atoms with Crippen molar-refractivity contribution in [2.45, 2.75) is 24.7 Å². The first kappa shape index (κ1) is 20.6. The Morgan fingerprint density at radius 1 is 1.21 bits per heavy atom. The van der Waals surface area contributed by atoms with Crippen molar-refractivity contribution < 1.29 is 17.9 Å². The van der Waals surface area contributed by atoms with Crippen LogP contribution in [0.15, 0.2) is 47.4 Å². The molecule has 8 heteroatoms. The van der Waals surface area contributed by atoms with E-state index in [-0.39, 0.29) is 17.3 Å². The van der Waals surface area contributed by atoms with E-state index in [4.69, 9.17) is 16.3 Å². The molecule has 1 amide bonds. The number of carbonyl (C=O) groups excluding carboxylic acids is 1. The van der Waals surface area contributed by atoms with Gasteiger partial charge in [0.2, 0.25) is 15.9 Å². The number of sulfonamides is 1. The third-order valence-electron chi connectivity index (χ3n) is 4.91. The minimum absolute atomic E-state index is 0.153. The molecule has 150 valence electrons. The summed E-state index contributed by atoms with van der Waals surface area (Å²) in [5.74, 6) is -0.0214. The highest BCUT2D eigenvalue weighted by Gasteiger charge is 2.33. The Morgan fingerprint density at radius 3 is 2.61 bits per heavy atom. The Morgan fingerprint density at radius 2 is 1.93 bits per heavy atom. The Bertz CT molecular complexity index is 961. The first-order valence-corrected chi connectivity index (χ1v) is 10.8. The van der Waals surface area contributed by atoms with Crippen molar-refractivity contribution in [1.82, 2.24) is 4.31 Å². The van der Waals surface area contributed by atoms with Gasteiger partial charge in [0, 0.05) is 23.8 Å². The number of halogens is 1. The second-order valence-corrected chi connectivity index (χ2v) is 9.20. The number of anilines is 1. The minimum Gasteiger partial charge on any atom is -0.497 e. The Kier molecular flexibility index (Phi) is 6.27. The van der Waals surface area contributed by atoms with Crippen LogP contribution < -0.4 is 10.1 Å². The molecule has 0 bridgehead atoms. The van der Waals surface area contributed by atoms with Gasteiger partial charge in [-0.05, 0) is 61.7 Å². The van der Waals surface area contributed by atoms with Crippen molar-refractivity contribution in [1.29, 1.82) is 0 Å². The molecule has 0 radical (unpaired) electrons. The van der Waals surface area contributed by atoms with Crippen LogP contribution in [0.4, 0.5) is 5.69 Å². The van der Waals surface area contributed by atoms with Gasteiger partial charge in [-0.1, -0.05) is 17.7 Å². The molecule has 1 heterocycles. The van der Waals surface area contributed by atoms with Crippen molar-refractivity contribution >= 4 is 33.2 Å². The fourth-order valence-corrected chi connectivity index (χ4v) is 4.93. The molecule has 6 nitrogen and oxygen atoms in total. The predicted octanol–water partition coefficient (Wildman–Crippen LogP) is 3.70. The average molecular weight is 423 g/mol. The van der Waals surface area contributed by atoms with Gasteiger partial charge in [0.15, 0.2) is 0 Å². The van der Waals surface area contributed by atoms with E-state index in [0.29, 0.717) is 35.8 Å². The zero-order valence-corrected chi connectivity index (χ0v) is 17.4. The van der Waals surface area contributed by atoms with Crippen LogP contribution in [0.5, 0.6) is 5.75 Å². The molecule has 1 aliphatic heterocycles. The molecule has 0 aliphatic carbocycles. The van der Waals surface area contributed by atoms with E-state index in [1.165, 1.54) is 23.5 Å². The first-order chi connectivity index (χ1) is 13.3. The van der Waals surface area contributed by atoms with Crippen molar-refractivity contribution in [3.8, 4) is 5.75 Å². The molecule has 1 unspecified atom stereocenters. The Balaban J connectivity index is 1.73. The number of carbonyl (C=O) groups is 1. The van der Waals surface area contributed by atoms with Gasteiger partial charge in [-0.15, -0.1) is 0 Å². The van der Waals surface area contributed by atoms with Crippen LogP contribution in [0.1, 0.15) is 18.4 Å². The molecule has 1 fully saturated rings. The number of benzene rings is 2. The molecule has 3 rings (SSSR count). The summed E-state index contributed by atoms with van der Waals surface area (Å²) in [6, 6.07) is 11.6. The summed E-state index contributed by atoms with van der Waals surface area (Å²) < 4.78 is 32.4. The maximum absolute atomic E-state index is 12.9. The topological polar surface area (TPSA) is 75.7 Å². The van der Waals surface area contributed by atoms with E-state index in [1.54, 1.807) is 24.3 Å². The lowest BCUT2D eigenvalue weighted by atomic mass is 9.98. The summed E-state index contributed by atoms with van der Waals surface area (Å²) in [7, 11) is -2.14. The Labute approximate surface area is 170 Å². The van der Waals surface area contributed by atoms with Crippen molar-refractivity contribution in [2.24, 2.45) is 5.92 Å². The van der Waals surface area contributed by atoms with Gasteiger partial charge in [0.05, 0.1) is 17.9 Å². The zero-order chi connectivity index (χ0) is 20.3. The molecule has 1 N–H and O–H groups in total. The van der Waals surface area contributed by atoms with E-state index < -0.39 is 15.9 Å². The predicted molar refractivity (Wildman–Crippen MR) is 109 cm³/mol. The van der Waals surface area contributed by atoms with Crippen LogP contribution in [0, 0.1) is 12.8 Å². The number of piperidine rings is 1. The molecule has 1 saturated heterocycles. The minimum atomic E-state index is -3.66. The van der Waals surface area contributed by atoms with Crippen LogP contribution in [0.3, 0.4) is 0 Å². The van der Waals surface area contributed by atoms with Gasteiger partial charge < -0.3 is 10.1 Å². The van der Waals surface area contributed by atoms with Gasteiger partial charge in [0.25, 0.3) is 0 Å². The molecular formula is C20H23ClN2O4S. The van der Waals surface area contributed by atoms with Gasteiger partial charge in [-0.3, -0.25) is 4.79 Å². The van der Waals surface area contributed by atoms with Crippen molar-refractivity contribution in [3.05, 3.63) is 53.1 Å². The summed E-state index contributed by atoms with van der Waals surface area (Å²) in [4.78, 5) is 12.9. The van der Waals surface area contributed by atoms with Gasteiger partial charge in [-0.2, -0.15) is 4.31 Å². The summed E-state index contributed by atoms with van der Waals surface area (Å²) in [6.45, 7) is 2.43. The van der Waals surface area contributed by atoms with E-state index >= 15 is 0 Å². The second kappa shape index (κ2) is 8.51. The molecule has 28 heavy (non-hydrogen) atoms. The second-order valence-electron chi connectivity index (χ2n) is 6.83. The molecule has 1 atom stereocenters. The molecule has 0 spiro atoms. The maximum Gasteiger partial charge on any atom is 0.243 e. The summed E-state index contributed by atoms with van der Waals surface area (Å²) in [5, 5.41) is 3.42. The van der Waals surface area contributed by atoms with Crippen LogP contribution in [-0.4, -0.2) is 38.8 Å². The summed E-state index contributed by atoms with van der Waals surface area (Å²) in [5.41, 5.74) is 1.55. The van der Waals surface area contributed by atoms with Crippen LogP contribution in [0.25, 0.3) is 0 Å². The number of nitrogens with one attached hydrogen (secondary N) is 1. The lowest BCUT2D eigenvalue weighted by Gasteiger charge is -2.31. The summed E-state index contributed by atoms with van der Waals surface area (Å²) in [6.07, 6.45) is 1.27. The first-order valence-electron chi connectivity index (χ1n) is 9.02. The average Bonchev–Trinajstić information content (AvgIpc) is 2.71. The van der Waals surface area contributed by atoms with Crippen LogP contribution in [0.2, 0.25) is 5.02 Å². The summed E-state index contributed by atoms with van der Waals surface area (Å²) >= 11 is 6.01. The standard InChI is InChI=1S/C20H23ClN2O4S/c1-14-5-6-16(21)12-19(14)22-20(24)15-4-3-11-23(13-15)28(25,26)18-9-7-17(27-2)8-10-18/h5-10,12,15H,3-4,11,13H2,1-2H3,(H,22,24). The monoisotopic (exact) mass is 422 g/mol. The normalized spacial score (nSPS) is 17.9. The number of ether oxygens (including phenoxy) is 1. The lowest BCUT2D eigenvalue weighted by Crippen LogP contribution is -2.43. The SMILES string of the molecule is COc1ccc(S(=O)(=O)N2CCCC(C(=O)Nc3cc(Cl)ccc3C)C2)cc1. The largest absolute Gasteiger partial charge is 0.497 e. The third-order valence-corrected chi connectivity index (χ3v) is 7.02. The Hall–Kier alpha value is -2.09.